The lowest BCUT2D eigenvalue weighted by Crippen LogP contribution is -2.46. The molecule has 1 aliphatic rings. The predicted octanol–water partition coefficient (Wildman–Crippen LogP) is 4.38. The van der Waals surface area contributed by atoms with Crippen LogP contribution in [0.5, 0.6) is 5.75 Å². The number of ether oxygens (including phenoxy) is 1. The molecule has 0 aliphatic carbocycles. The van der Waals surface area contributed by atoms with E-state index in [4.69, 9.17) is 4.74 Å². The summed E-state index contributed by atoms with van der Waals surface area (Å²) in [5.41, 5.74) is 2.05. The number of para-hydroxylation sites is 1. The monoisotopic (exact) mass is 403 g/mol. The van der Waals surface area contributed by atoms with Gasteiger partial charge in [-0.1, -0.05) is 71.4 Å². The van der Waals surface area contributed by atoms with Crippen LogP contribution in [0.3, 0.4) is 0 Å². The van der Waals surface area contributed by atoms with Crippen LogP contribution in [-0.2, 0) is 12.8 Å². The summed E-state index contributed by atoms with van der Waals surface area (Å²) in [6, 6.07) is 18.8. The molecule has 0 amide bonds. The Balaban J connectivity index is 1.78. The highest BCUT2D eigenvalue weighted by molar-refractivity contribution is 9.10. The number of hydrogen-bond acceptors (Lipinski definition) is 3. The van der Waals surface area contributed by atoms with Crippen LogP contribution in [0.2, 0.25) is 0 Å². The van der Waals surface area contributed by atoms with Gasteiger partial charge in [0, 0.05) is 13.0 Å². The molecule has 1 fully saturated rings. The van der Waals surface area contributed by atoms with Gasteiger partial charge in [-0.15, -0.1) is 0 Å². The number of benzene rings is 2. The Morgan fingerprint density at radius 2 is 1.76 bits per heavy atom. The summed E-state index contributed by atoms with van der Waals surface area (Å²) < 4.78 is 5.62. The van der Waals surface area contributed by atoms with Crippen LogP contribution in [-0.4, -0.2) is 33.8 Å². The Kier molecular flexibility index (Phi) is 5.52. The highest BCUT2D eigenvalue weighted by Gasteiger charge is 2.51. The van der Waals surface area contributed by atoms with E-state index in [0.717, 1.165) is 25.0 Å². The van der Waals surface area contributed by atoms with Crippen molar-refractivity contribution in [2.75, 3.05) is 13.6 Å². The van der Waals surface area contributed by atoms with E-state index in [1.54, 1.807) is 0 Å². The van der Waals surface area contributed by atoms with Crippen molar-refractivity contribution in [1.82, 2.24) is 4.90 Å². The van der Waals surface area contributed by atoms with Crippen LogP contribution >= 0.6 is 15.9 Å². The summed E-state index contributed by atoms with van der Waals surface area (Å²) in [5.74, 6) is 0.914. The fourth-order valence-corrected chi connectivity index (χ4v) is 4.46. The number of β-amino-alcohol motifs (C(OH)–C–C–N with tert-alkyl or cyclic N) is 1. The third-order valence-electron chi connectivity index (χ3n) is 5.07. The van der Waals surface area contributed by atoms with Gasteiger partial charge in [0.15, 0.2) is 5.72 Å². The number of likely N-dealkylation sites (tertiary alicyclic amines) is 1. The van der Waals surface area contributed by atoms with E-state index in [0.29, 0.717) is 13.0 Å². The first-order valence-electron chi connectivity index (χ1n) is 8.87. The molecule has 0 aromatic heterocycles. The first kappa shape index (κ1) is 18.4. The molecular formula is C21H26BrNO2. The largest absolute Gasteiger partial charge is 0.472 e. The average Bonchev–Trinajstić information content (AvgIpc) is 2.83. The molecular weight excluding hydrogens is 378 g/mol. The zero-order chi connectivity index (χ0) is 17.9. The minimum atomic E-state index is -0.892. The van der Waals surface area contributed by atoms with E-state index < -0.39 is 10.2 Å². The summed E-state index contributed by atoms with van der Waals surface area (Å²) in [5, 5.41) is 10.4. The van der Waals surface area contributed by atoms with Gasteiger partial charge in [-0.05, 0) is 43.5 Å². The van der Waals surface area contributed by atoms with Gasteiger partial charge < -0.3 is 9.84 Å². The maximum absolute atomic E-state index is 10.4. The number of alkyl halides is 1. The summed E-state index contributed by atoms with van der Waals surface area (Å²) >= 11 is 3.43. The van der Waals surface area contributed by atoms with Crippen LogP contribution in [0.1, 0.15) is 30.9 Å². The Morgan fingerprint density at radius 3 is 2.40 bits per heavy atom. The highest BCUT2D eigenvalue weighted by Crippen LogP contribution is 2.42. The Bertz CT molecular complexity index is 704. The van der Waals surface area contributed by atoms with Gasteiger partial charge in [-0.3, -0.25) is 4.90 Å². The van der Waals surface area contributed by atoms with Gasteiger partial charge in [0.25, 0.3) is 0 Å². The zero-order valence-corrected chi connectivity index (χ0v) is 16.5. The topological polar surface area (TPSA) is 32.7 Å². The molecule has 2 aromatic rings. The summed E-state index contributed by atoms with van der Waals surface area (Å²) in [4.78, 5) is 2.11. The summed E-state index contributed by atoms with van der Waals surface area (Å²) in [6.45, 7) is 2.66. The normalized spacial score (nSPS) is 26.7. The van der Waals surface area contributed by atoms with Crippen molar-refractivity contribution in [2.45, 2.75) is 42.8 Å². The number of rotatable bonds is 6. The van der Waals surface area contributed by atoms with Gasteiger partial charge in [0.1, 0.15) is 10.3 Å². The second kappa shape index (κ2) is 7.48. The summed E-state index contributed by atoms with van der Waals surface area (Å²) in [6.07, 6.45) is 3.27. The number of halogens is 1. The third-order valence-corrected chi connectivity index (χ3v) is 5.60. The number of aliphatic hydroxyl groups is 1. The van der Waals surface area contributed by atoms with E-state index in [2.05, 4.69) is 64.2 Å². The van der Waals surface area contributed by atoms with Crippen LogP contribution in [0.25, 0.3) is 0 Å². The third kappa shape index (κ3) is 4.25. The molecule has 0 bridgehead atoms. The fraction of sp³-hybridized carbons (Fsp3) is 0.429. The molecule has 2 unspecified atom stereocenters. The molecule has 2 atom stereocenters. The lowest BCUT2D eigenvalue weighted by Gasteiger charge is -2.36. The van der Waals surface area contributed by atoms with Gasteiger partial charge in [0.05, 0.1) is 0 Å². The van der Waals surface area contributed by atoms with Crippen molar-refractivity contribution in [2.24, 2.45) is 0 Å². The predicted molar refractivity (Wildman–Crippen MR) is 105 cm³/mol. The zero-order valence-electron chi connectivity index (χ0n) is 14.9. The second-order valence-corrected chi connectivity index (χ2v) is 8.42. The quantitative estimate of drug-likeness (QED) is 0.726. The van der Waals surface area contributed by atoms with Crippen LogP contribution < -0.4 is 4.74 Å². The average molecular weight is 404 g/mol. The molecule has 0 radical (unpaired) electrons. The summed E-state index contributed by atoms with van der Waals surface area (Å²) in [7, 11) is 2.01. The van der Waals surface area contributed by atoms with E-state index in [-0.39, 0.29) is 0 Å². The molecule has 2 aromatic carbocycles. The van der Waals surface area contributed by atoms with Crippen molar-refractivity contribution < 1.29 is 9.84 Å². The van der Waals surface area contributed by atoms with Crippen molar-refractivity contribution in [3.05, 3.63) is 65.7 Å². The lowest BCUT2D eigenvalue weighted by atomic mass is 10.0. The maximum atomic E-state index is 10.4. The molecule has 1 aliphatic heterocycles. The smallest absolute Gasteiger partial charge is 0.166 e. The van der Waals surface area contributed by atoms with E-state index >= 15 is 0 Å². The van der Waals surface area contributed by atoms with Crippen LogP contribution in [0.15, 0.2) is 54.6 Å². The Labute approximate surface area is 158 Å². The first-order chi connectivity index (χ1) is 11.9. The molecule has 1 N–H and O–H groups in total. The number of aryl methyl sites for hydroxylation is 2. The molecule has 4 heteroatoms. The van der Waals surface area contributed by atoms with Crippen LogP contribution in [0, 0.1) is 0 Å². The van der Waals surface area contributed by atoms with Crippen molar-refractivity contribution in [3.8, 4) is 5.75 Å². The molecule has 1 saturated heterocycles. The number of nitrogens with zero attached hydrogens (tertiary/aromatic N) is 1. The van der Waals surface area contributed by atoms with E-state index in [1.165, 1.54) is 11.1 Å². The Hall–Kier alpha value is -1.36. The van der Waals surface area contributed by atoms with Crippen molar-refractivity contribution >= 4 is 15.9 Å². The minimum absolute atomic E-state index is 0.485. The molecule has 0 saturated carbocycles. The number of hydrogen-bond donors (Lipinski definition) is 1. The fourth-order valence-electron chi connectivity index (χ4n) is 3.64. The lowest BCUT2D eigenvalue weighted by molar-refractivity contribution is -0.0476. The first-order valence-corrected chi connectivity index (χ1v) is 9.67. The molecule has 3 rings (SSSR count). The molecule has 3 nitrogen and oxygen atoms in total. The molecule has 25 heavy (non-hydrogen) atoms. The van der Waals surface area contributed by atoms with E-state index in [9.17, 15) is 5.11 Å². The Morgan fingerprint density at radius 1 is 1.08 bits per heavy atom. The second-order valence-electron chi connectivity index (χ2n) is 6.95. The molecule has 134 valence electrons. The molecule has 0 spiro atoms. The van der Waals surface area contributed by atoms with Crippen molar-refractivity contribution in [1.29, 1.82) is 0 Å². The number of likely N-dealkylation sites (N-methyl/N-ethyl adjacent to an activating group) is 1. The van der Waals surface area contributed by atoms with E-state index in [1.807, 2.05) is 25.2 Å². The molecule has 1 heterocycles. The van der Waals surface area contributed by atoms with Gasteiger partial charge in [-0.2, -0.15) is 0 Å². The standard InChI is InChI=1S/C21H26BrNO2/c1-3-21(15-20(22,24)16-23(21)2)25-19-12-8-7-11-18(19)14-13-17-9-5-4-6-10-17/h4-12,24H,3,13-16H2,1-2H3. The van der Waals surface area contributed by atoms with Gasteiger partial charge in [-0.25, -0.2) is 0 Å². The van der Waals surface area contributed by atoms with Crippen LogP contribution in [0.4, 0.5) is 0 Å². The SMILES string of the molecule is CCC1(Oc2ccccc2CCc2ccccc2)CC(O)(Br)CN1C. The van der Waals surface area contributed by atoms with Crippen molar-refractivity contribution in [3.63, 3.8) is 0 Å². The minimum Gasteiger partial charge on any atom is -0.472 e. The maximum Gasteiger partial charge on any atom is 0.166 e. The highest BCUT2D eigenvalue weighted by atomic mass is 79.9. The van der Waals surface area contributed by atoms with Gasteiger partial charge in [0.2, 0.25) is 0 Å². The van der Waals surface area contributed by atoms with Gasteiger partial charge >= 0.3 is 0 Å².